The number of aromatic nitrogens is 3. The average Bonchev–Trinajstić information content (AvgIpc) is 3.18. The molecule has 0 aliphatic heterocycles. The van der Waals surface area contributed by atoms with Crippen LogP contribution in [0.3, 0.4) is 0 Å². The van der Waals surface area contributed by atoms with E-state index >= 15 is 0 Å². The van der Waals surface area contributed by atoms with Gasteiger partial charge in [-0.2, -0.15) is 4.98 Å². The van der Waals surface area contributed by atoms with E-state index in [0.29, 0.717) is 35.5 Å². The summed E-state index contributed by atoms with van der Waals surface area (Å²) in [7, 11) is 1.72. The molecule has 1 aliphatic rings. The van der Waals surface area contributed by atoms with Crippen LogP contribution in [-0.2, 0) is 0 Å². The van der Waals surface area contributed by atoms with Gasteiger partial charge in [0, 0.05) is 7.05 Å². The standard InChI is InChI=1S/C21H31N7O2/c1-4-8-19-26-21(27-30-19)24-13-17(28(3)23)20(22)16-11-12-18(14(2)25-16)29-15-9-6-5-7-10-15/h4,8,11-12,15H,5-7,9-10,13,22-23H2,1-3H3,(H,24,27)/b8-4+,20-17-. The Labute approximate surface area is 177 Å². The van der Waals surface area contributed by atoms with E-state index in [1.165, 1.54) is 24.3 Å². The zero-order chi connectivity index (χ0) is 21.5. The molecule has 0 spiro atoms. The summed E-state index contributed by atoms with van der Waals surface area (Å²) in [4.78, 5) is 8.86. The number of rotatable bonds is 8. The molecule has 1 fully saturated rings. The van der Waals surface area contributed by atoms with Crippen molar-refractivity contribution in [1.29, 1.82) is 0 Å². The monoisotopic (exact) mass is 413 g/mol. The summed E-state index contributed by atoms with van der Waals surface area (Å²) in [5, 5.41) is 8.41. The highest BCUT2D eigenvalue weighted by molar-refractivity contribution is 5.64. The van der Waals surface area contributed by atoms with E-state index in [1.54, 1.807) is 13.1 Å². The van der Waals surface area contributed by atoms with Crippen molar-refractivity contribution >= 4 is 17.7 Å². The molecule has 2 heterocycles. The Morgan fingerprint density at radius 3 is 2.73 bits per heavy atom. The van der Waals surface area contributed by atoms with Crippen LogP contribution in [0.2, 0.25) is 0 Å². The summed E-state index contributed by atoms with van der Waals surface area (Å²) in [6.45, 7) is 4.12. The summed E-state index contributed by atoms with van der Waals surface area (Å²) in [6, 6.07) is 3.80. The third-order valence-corrected chi connectivity index (χ3v) is 5.06. The number of nitrogens with zero attached hydrogens (tertiary/aromatic N) is 4. The number of likely N-dealkylation sites (N-methyl/N-ethyl adjacent to an activating group) is 1. The number of anilines is 1. The second kappa shape index (κ2) is 10.1. The van der Waals surface area contributed by atoms with Crippen molar-refractivity contribution in [2.45, 2.75) is 52.1 Å². The largest absolute Gasteiger partial charge is 0.489 e. The Bertz CT molecular complexity index is 899. The maximum atomic E-state index is 6.40. The van der Waals surface area contributed by atoms with Crippen molar-refractivity contribution in [1.82, 2.24) is 20.1 Å². The molecule has 0 unspecified atom stereocenters. The molecule has 0 amide bonds. The third kappa shape index (κ3) is 5.50. The molecule has 9 nitrogen and oxygen atoms in total. The van der Waals surface area contributed by atoms with Gasteiger partial charge in [-0.1, -0.05) is 12.5 Å². The molecule has 0 atom stereocenters. The first-order valence-electron chi connectivity index (χ1n) is 10.3. The second-order valence-corrected chi connectivity index (χ2v) is 7.44. The molecule has 0 bridgehead atoms. The first-order chi connectivity index (χ1) is 14.5. The minimum atomic E-state index is 0.273. The molecule has 30 heavy (non-hydrogen) atoms. The number of pyridine rings is 1. The SMILES string of the molecule is C/C=C/c1nc(NC/C(=C(/N)c2ccc(OC3CCCCC3)c(C)n2)N(C)N)no1. The van der Waals surface area contributed by atoms with Crippen molar-refractivity contribution < 1.29 is 9.26 Å². The van der Waals surface area contributed by atoms with E-state index in [0.717, 1.165) is 24.3 Å². The number of hydrazine groups is 1. The Morgan fingerprint density at radius 1 is 1.30 bits per heavy atom. The lowest BCUT2D eigenvalue weighted by molar-refractivity contribution is 0.153. The molecule has 3 rings (SSSR count). The highest BCUT2D eigenvalue weighted by atomic mass is 16.5. The van der Waals surface area contributed by atoms with Crippen LogP contribution in [0.25, 0.3) is 11.8 Å². The van der Waals surface area contributed by atoms with Crippen molar-refractivity contribution in [2.75, 3.05) is 18.9 Å². The van der Waals surface area contributed by atoms with Crippen LogP contribution in [-0.4, -0.2) is 39.8 Å². The number of aryl methyl sites for hydroxylation is 1. The van der Waals surface area contributed by atoms with Gasteiger partial charge in [0.25, 0.3) is 11.8 Å². The number of nitrogens with two attached hydrogens (primary N) is 2. The Hall–Kier alpha value is -3.07. The Morgan fingerprint density at radius 2 is 2.07 bits per heavy atom. The fourth-order valence-corrected chi connectivity index (χ4v) is 3.42. The van der Waals surface area contributed by atoms with Gasteiger partial charge in [-0.05, 0) is 62.9 Å². The lowest BCUT2D eigenvalue weighted by atomic mass is 9.98. The molecule has 0 saturated heterocycles. The molecule has 5 N–H and O–H groups in total. The van der Waals surface area contributed by atoms with Gasteiger partial charge >= 0.3 is 0 Å². The van der Waals surface area contributed by atoms with Crippen LogP contribution < -0.4 is 21.6 Å². The molecule has 9 heteroatoms. The molecular weight excluding hydrogens is 382 g/mol. The molecule has 2 aromatic heterocycles. The fourth-order valence-electron chi connectivity index (χ4n) is 3.42. The number of nitrogens with one attached hydrogen (secondary N) is 1. The predicted octanol–water partition coefficient (Wildman–Crippen LogP) is 3.06. The Kier molecular flexibility index (Phi) is 7.29. The van der Waals surface area contributed by atoms with Crippen LogP contribution in [0.15, 0.2) is 28.4 Å². The molecular formula is C21H31N7O2. The minimum absolute atomic E-state index is 0.273. The van der Waals surface area contributed by atoms with Crippen molar-refractivity contribution in [3.63, 3.8) is 0 Å². The molecule has 1 saturated carbocycles. The quantitative estimate of drug-likeness (QED) is 0.442. The van der Waals surface area contributed by atoms with Crippen molar-refractivity contribution in [2.24, 2.45) is 11.6 Å². The molecule has 0 aromatic carbocycles. The predicted molar refractivity (Wildman–Crippen MR) is 117 cm³/mol. The zero-order valence-electron chi connectivity index (χ0n) is 17.9. The molecule has 2 aromatic rings. The summed E-state index contributed by atoms with van der Waals surface area (Å²) < 4.78 is 11.3. The number of allylic oxidation sites excluding steroid dienone is 1. The van der Waals surface area contributed by atoms with E-state index in [1.807, 2.05) is 32.1 Å². The van der Waals surface area contributed by atoms with Gasteiger partial charge in [0.05, 0.1) is 35.4 Å². The third-order valence-electron chi connectivity index (χ3n) is 5.06. The minimum Gasteiger partial charge on any atom is -0.489 e. The lowest BCUT2D eigenvalue weighted by Crippen LogP contribution is -2.32. The highest BCUT2D eigenvalue weighted by Crippen LogP contribution is 2.26. The maximum absolute atomic E-state index is 6.40. The van der Waals surface area contributed by atoms with Crippen LogP contribution in [0.5, 0.6) is 5.75 Å². The first kappa shape index (κ1) is 21.6. The molecule has 0 radical (unpaired) electrons. The summed E-state index contributed by atoms with van der Waals surface area (Å²) in [5.74, 6) is 7.60. The van der Waals surface area contributed by atoms with Crippen LogP contribution >= 0.6 is 0 Å². The Balaban J connectivity index is 1.73. The van der Waals surface area contributed by atoms with Gasteiger partial charge in [0.2, 0.25) is 0 Å². The smallest absolute Gasteiger partial charge is 0.264 e. The number of hydrogen-bond acceptors (Lipinski definition) is 9. The summed E-state index contributed by atoms with van der Waals surface area (Å²) >= 11 is 0. The van der Waals surface area contributed by atoms with Crippen LogP contribution in [0, 0.1) is 6.92 Å². The average molecular weight is 414 g/mol. The van der Waals surface area contributed by atoms with Gasteiger partial charge in [0.1, 0.15) is 5.75 Å². The molecule has 162 valence electrons. The van der Waals surface area contributed by atoms with Crippen LogP contribution in [0.4, 0.5) is 5.95 Å². The number of hydrogen-bond donors (Lipinski definition) is 3. The van der Waals surface area contributed by atoms with Crippen LogP contribution in [0.1, 0.15) is 56.3 Å². The van der Waals surface area contributed by atoms with Gasteiger partial charge in [-0.15, -0.1) is 0 Å². The van der Waals surface area contributed by atoms with E-state index in [-0.39, 0.29) is 6.10 Å². The second-order valence-electron chi connectivity index (χ2n) is 7.44. The van der Waals surface area contributed by atoms with Crippen molar-refractivity contribution in [3.8, 4) is 5.75 Å². The fraction of sp³-hybridized carbons (Fsp3) is 0.476. The van der Waals surface area contributed by atoms with E-state index < -0.39 is 0 Å². The topological polar surface area (TPSA) is 128 Å². The van der Waals surface area contributed by atoms with Gasteiger partial charge in [-0.25, -0.2) is 10.8 Å². The van der Waals surface area contributed by atoms with E-state index in [9.17, 15) is 0 Å². The highest BCUT2D eigenvalue weighted by Gasteiger charge is 2.17. The van der Waals surface area contributed by atoms with Crippen molar-refractivity contribution in [3.05, 3.63) is 41.2 Å². The maximum Gasteiger partial charge on any atom is 0.264 e. The summed E-state index contributed by atoms with van der Waals surface area (Å²) in [5.41, 5.74) is 8.97. The molecule has 1 aliphatic carbocycles. The van der Waals surface area contributed by atoms with Gasteiger partial charge in [-0.3, -0.25) is 0 Å². The lowest BCUT2D eigenvalue weighted by Gasteiger charge is -2.24. The first-order valence-corrected chi connectivity index (χ1v) is 10.3. The normalized spacial score (nSPS) is 15.9. The number of ether oxygens (including phenoxy) is 1. The summed E-state index contributed by atoms with van der Waals surface area (Å²) in [6.07, 6.45) is 9.76. The van der Waals surface area contributed by atoms with Gasteiger partial charge in [0.15, 0.2) is 0 Å². The van der Waals surface area contributed by atoms with E-state index in [2.05, 4.69) is 20.4 Å². The zero-order valence-corrected chi connectivity index (χ0v) is 17.9. The van der Waals surface area contributed by atoms with Gasteiger partial charge < -0.3 is 25.3 Å². The van der Waals surface area contributed by atoms with E-state index in [4.69, 9.17) is 20.8 Å².